The predicted molar refractivity (Wildman–Crippen MR) is 78.3 cm³/mol. The monoisotopic (exact) mass is 304 g/mol. The van der Waals surface area contributed by atoms with E-state index in [1.54, 1.807) is 6.92 Å². The fourth-order valence-corrected chi connectivity index (χ4v) is 2.67. The molecule has 3 rings (SSSR count). The molecule has 0 saturated carbocycles. The lowest BCUT2D eigenvalue weighted by atomic mass is 9.99. The van der Waals surface area contributed by atoms with Crippen LogP contribution in [0.25, 0.3) is 11.0 Å². The third kappa shape index (κ3) is 1.89. The molecule has 116 valence electrons. The number of rotatable bonds is 2. The van der Waals surface area contributed by atoms with Crippen molar-refractivity contribution in [2.75, 3.05) is 18.1 Å². The van der Waals surface area contributed by atoms with Gasteiger partial charge in [0, 0.05) is 6.42 Å². The Bertz CT molecular complexity index is 782. The maximum Gasteiger partial charge on any atom is 0.224 e. The van der Waals surface area contributed by atoms with Crippen LogP contribution in [0.5, 0.6) is 0 Å². The first-order valence-corrected chi connectivity index (χ1v) is 6.64. The van der Waals surface area contributed by atoms with E-state index in [0.29, 0.717) is 16.7 Å². The van der Waals surface area contributed by atoms with Crippen molar-refractivity contribution in [1.29, 1.82) is 0 Å². The zero-order chi connectivity index (χ0) is 16.1. The van der Waals surface area contributed by atoms with E-state index in [1.807, 2.05) is 0 Å². The lowest BCUT2D eigenvalue weighted by Crippen LogP contribution is -2.41. The first kappa shape index (κ1) is 14.5. The summed E-state index contributed by atoms with van der Waals surface area (Å²) >= 11 is 0. The van der Waals surface area contributed by atoms with Crippen molar-refractivity contribution in [3.63, 3.8) is 0 Å². The van der Waals surface area contributed by atoms with E-state index in [2.05, 4.69) is 21.0 Å². The summed E-state index contributed by atoms with van der Waals surface area (Å²) in [5.41, 5.74) is 11.0. The highest BCUT2D eigenvalue weighted by atomic mass is 16.6. The topological polar surface area (TPSA) is 145 Å². The third-order valence-electron chi connectivity index (χ3n) is 3.83. The molecule has 0 bridgehead atoms. The number of nitrogens with two attached hydrogens (primary N) is 2. The quantitative estimate of drug-likeness (QED) is 0.514. The number of aliphatic hydroxyl groups is 2. The molecule has 1 saturated heterocycles. The van der Waals surface area contributed by atoms with Gasteiger partial charge in [-0.05, 0) is 6.92 Å². The number of hydrogen-bond donors (Lipinski definition) is 4. The summed E-state index contributed by atoms with van der Waals surface area (Å²) in [5, 5.41) is 24.4. The number of terminal acetylenes is 1. The number of aliphatic hydroxyl groups excluding tert-OH is 2. The molecule has 1 fully saturated rings. The minimum atomic E-state index is -1.46. The molecule has 3 heterocycles. The Hall–Kier alpha value is -2.41. The smallest absolute Gasteiger partial charge is 0.224 e. The number of anilines is 2. The SMILES string of the molecule is C#C[C@]1(CO)O[C@@H](n2nc(C)c3c(N)nc(N)nc32)C[C@@H]1O. The molecule has 0 aliphatic carbocycles. The van der Waals surface area contributed by atoms with Gasteiger partial charge in [0.1, 0.15) is 11.9 Å². The lowest BCUT2D eigenvalue weighted by molar-refractivity contribution is -0.0921. The van der Waals surface area contributed by atoms with Gasteiger partial charge in [0.2, 0.25) is 5.95 Å². The van der Waals surface area contributed by atoms with Gasteiger partial charge in [-0.15, -0.1) is 6.42 Å². The van der Waals surface area contributed by atoms with Gasteiger partial charge in [-0.2, -0.15) is 15.1 Å². The summed E-state index contributed by atoms with van der Waals surface area (Å²) in [6.07, 6.45) is 3.83. The summed E-state index contributed by atoms with van der Waals surface area (Å²) < 4.78 is 7.12. The molecule has 2 aromatic rings. The highest BCUT2D eigenvalue weighted by Gasteiger charge is 2.48. The van der Waals surface area contributed by atoms with Crippen LogP contribution < -0.4 is 11.5 Å². The third-order valence-corrected chi connectivity index (χ3v) is 3.83. The van der Waals surface area contributed by atoms with E-state index >= 15 is 0 Å². The van der Waals surface area contributed by atoms with Crippen LogP contribution in [0.15, 0.2) is 0 Å². The standard InChI is InChI=1S/C13H16N6O3/c1-3-13(5-20)7(21)4-8(22-13)19-11-9(6(2)18-19)10(14)16-12(15)17-11/h1,7-8,20-21H,4-5H2,2H3,(H4,14,15,16,17)/t7-,8+,13+/m0/s1. The van der Waals surface area contributed by atoms with Crippen LogP contribution in [0.1, 0.15) is 18.3 Å². The maximum absolute atomic E-state index is 10.1. The summed E-state index contributed by atoms with van der Waals surface area (Å²) in [4.78, 5) is 8.04. The van der Waals surface area contributed by atoms with E-state index in [-0.39, 0.29) is 18.2 Å². The molecular formula is C13H16N6O3. The van der Waals surface area contributed by atoms with Crippen molar-refractivity contribution in [2.45, 2.75) is 31.3 Å². The van der Waals surface area contributed by atoms with E-state index in [4.69, 9.17) is 22.6 Å². The van der Waals surface area contributed by atoms with Crippen molar-refractivity contribution in [3.05, 3.63) is 5.69 Å². The van der Waals surface area contributed by atoms with E-state index < -0.39 is 24.5 Å². The largest absolute Gasteiger partial charge is 0.392 e. The number of hydrogen-bond acceptors (Lipinski definition) is 8. The van der Waals surface area contributed by atoms with Gasteiger partial charge in [0.25, 0.3) is 0 Å². The van der Waals surface area contributed by atoms with Crippen LogP contribution in [0, 0.1) is 19.3 Å². The fourth-order valence-electron chi connectivity index (χ4n) is 2.67. The zero-order valence-electron chi connectivity index (χ0n) is 11.9. The number of nitrogen functional groups attached to an aromatic ring is 2. The second kappa shape index (κ2) is 4.81. The Morgan fingerprint density at radius 1 is 1.50 bits per heavy atom. The van der Waals surface area contributed by atoms with Gasteiger partial charge in [0.05, 0.1) is 17.7 Å². The Kier molecular flexibility index (Phi) is 3.17. The molecule has 9 heteroatoms. The summed E-state index contributed by atoms with van der Waals surface area (Å²) in [6, 6.07) is 0. The summed E-state index contributed by atoms with van der Waals surface area (Å²) in [7, 11) is 0. The first-order chi connectivity index (χ1) is 10.4. The first-order valence-electron chi connectivity index (χ1n) is 6.64. The Labute approximate surface area is 125 Å². The van der Waals surface area contributed by atoms with Gasteiger partial charge >= 0.3 is 0 Å². The second-order valence-corrected chi connectivity index (χ2v) is 5.21. The fraction of sp³-hybridized carbons (Fsp3) is 0.462. The Balaban J connectivity index is 2.11. The van der Waals surface area contributed by atoms with Gasteiger partial charge in [-0.3, -0.25) is 0 Å². The number of aromatic nitrogens is 4. The van der Waals surface area contributed by atoms with Crippen LogP contribution in [-0.2, 0) is 4.74 Å². The summed E-state index contributed by atoms with van der Waals surface area (Å²) in [6.45, 7) is 1.25. The average Bonchev–Trinajstić information content (AvgIpc) is 2.97. The summed E-state index contributed by atoms with van der Waals surface area (Å²) in [5.74, 6) is 2.54. The number of ether oxygens (including phenoxy) is 1. The molecule has 0 unspecified atom stereocenters. The Morgan fingerprint density at radius 2 is 2.23 bits per heavy atom. The molecule has 3 atom stereocenters. The van der Waals surface area contributed by atoms with E-state index in [0.717, 1.165) is 0 Å². The minimum Gasteiger partial charge on any atom is -0.392 e. The predicted octanol–water partition coefficient (Wildman–Crippen LogP) is -1.06. The number of fused-ring (bicyclic) bond motifs is 1. The molecule has 1 aliphatic rings. The molecule has 22 heavy (non-hydrogen) atoms. The molecule has 1 aliphatic heterocycles. The molecule has 9 nitrogen and oxygen atoms in total. The van der Waals surface area contributed by atoms with E-state index in [1.165, 1.54) is 4.68 Å². The lowest BCUT2D eigenvalue weighted by Gasteiger charge is -2.23. The Morgan fingerprint density at radius 3 is 2.82 bits per heavy atom. The van der Waals surface area contributed by atoms with E-state index in [9.17, 15) is 10.2 Å². The molecule has 0 spiro atoms. The van der Waals surface area contributed by atoms with Crippen molar-refractivity contribution >= 4 is 22.8 Å². The second-order valence-electron chi connectivity index (χ2n) is 5.21. The minimum absolute atomic E-state index is 0.00932. The van der Waals surface area contributed by atoms with Crippen molar-refractivity contribution in [2.24, 2.45) is 0 Å². The zero-order valence-corrected chi connectivity index (χ0v) is 11.9. The van der Waals surface area contributed by atoms with Gasteiger partial charge in [-0.25, -0.2) is 4.68 Å². The highest BCUT2D eigenvalue weighted by Crippen LogP contribution is 2.38. The van der Waals surface area contributed by atoms with Crippen LogP contribution in [0.3, 0.4) is 0 Å². The molecule has 0 amide bonds. The van der Waals surface area contributed by atoms with Crippen molar-refractivity contribution in [3.8, 4) is 12.3 Å². The van der Waals surface area contributed by atoms with Crippen molar-refractivity contribution in [1.82, 2.24) is 19.7 Å². The normalized spacial score (nSPS) is 28.1. The number of nitrogens with zero attached hydrogens (tertiary/aromatic N) is 4. The molecule has 0 radical (unpaired) electrons. The maximum atomic E-state index is 10.1. The molecular weight excluding hydrogens is 288 g/mol. The number of aryl methyl sites for hydroxylation is 1. The van der Waals surface area contributed by atoms with Crippen molar-refractivity contribution < 1.29 is 14.9 Å². The van der Waals surface area contributed by atoms with Crippen LogP contribution in [0.4, 0.5) is 11.8 Å². The van der Waals surface area contributed by atoms with Crippen LogP contribution in [0.2, 0.25) is 0 Å². The van der Waals surface area contributed by atoms with Crippen LogP contribution in [-0.4, -0.2) is 48.3 Å². The molecule has 2 aromatic heterocycles. The van der Waals surface area contributed by atoms with Gasteiger partial charge in [0.15, 0.2) is 17.5 Å². The van der Waals surface area contributed by atoms with Gasteiger partial charge < -0.3 is 26.4 Å². The van der Waals surface area contributed by atoms with Crippen LogP contribution >= 0.6 is 0 Å². The molecule has 0 aromatic carbocycles. The molecule has 6 N–H and O–H groups in total. The average molecular weight is 304 g/mol. The van der Waals surface area contributed by atoms with Gasteiger partial charge in [-0.1, -0.05) is 5.92 Å². The highest BCUT2D eigenvalue weighted by molar-refractivity contribution is 5.89.